The third kappa shape index (κ3) is 4.02. The molecule has 32 heavy (non-hydrogen) atoms. The first kappa shape index (κ1) is 22.4. The number of hydrogen-bond donors (Lipinski definition) is 4. The molecule has 0 spiro atoms. The van der Waals surface area contributed by atoms with E-state index in [0.29, 0.717) is 15.4 Å². The van der Waals surface area contributed by atoms with Crippen LogP contribution in [0.2, 0.25) is 0 Å². The van der Waals surface area contributed by atoms with Crippen LogP contribution in [0.3, 0.4) is 0 Å². The lowest BCUT2D eigenvalue weighted by Gasteiger charge is -2.27. The minimum atomic E-state index is -3.94. The fourth-order valence-electron chi connectivity index (χ4n) is 3.73. The van der Waals surface area contributed by atoms with Crippen molar-refractivity contribution in [3.8, 4) is 0 Å². The molecular weight excluding hydrogens is 454 g/mol. The van der Waals surface area contributed by atoms with Gasteiger partial charge in [0.05, 0.1) is 22.1 Å². The normalized spacial score (nSPS) is 18.1. The molecule has 1 aromatic heterocycles. The fraction of sp³-hybridized carbons (Fsp3) is 0.300. The van der Waals surface area contributed by atoms with E-state index in [1.54, 1.807) is 31.5 Å². The van der Waals surface area contributed by atoms with E-state index in [2.05, 4.69) is 10.7 Å². The van der Waals surface area contributed by atoms with Crippen LogP contribution in [0.4, 0.5) is 10.7 Å². The predicted molar refractivity (Wildman–Crippen MR) is 120 cm³/mol. The number of fused-ring (bicyclic) bond motifs is 1. The molecule has 2 amide bonds. The highest BCUT2D eigenvalue weighted by Crippen LogP contribution is 2.41. The molecule has 2 aliphatic heterocycles. The average molecular weight is 478 g/mol. The maximum atomic E-state index is 13.0. The lowest BCUT2D eigenvalue weighted by atomic mass is 10.0. The van der Waals surface area contributed by atoms with Crippen LogP contribution in [0, 0.1) is 5.92 Å². The molecule has 10 nitrogen and oxygen atoms in total. The van der Waals surface area contributed by atoms with Crippen LogP contribution >= 0.6 is 11.3 Å². The molecule has 2 aliphatic rings. The number of hydroxylamine groups is 1. The predicted octanol–water partition coefficient (Wildman–Crippen LogP) is 1.87. The van der Waals surface area contributed by atoms with Crippen LogP contribution in [0.1, 0.15) is 29.1 Å². The molecule has 0 saturated carbocycles. The number of rotatable bonds is 6. The first-order valence-corrected chi connectivity index (χ1v) is 12.2. The summed E-state index contributed by atoms with van der Waals surface area (Å²) in [5.41, 5.74) is 6.02. The van der Waals surface area contributed by atoms with Crippen LogP contribution < -0.4 is 21.2 Å². The second-order valence-corrected chi connectivity index (χ2v) is 10.7. The number of benzene rings is 1. The molecule has 170 valence electrons. The third-order valence-electron chi connectivity index (χ3n) is 5.26. The number of hydrazine groups is 1. The van der Waals surface area contributed by atoms with Gasteiger partial charge in [0.2, 0.25) is 10.0 Å². The summed E-state index contributed by atoms with van der Waals surface area (Å²) in [7, 11) is -3.94. The Morgan fingerprint density at radius 1 is 1.22 bits per heavy atom. The fourth-order valence-corrected chi connectivity index (χ4v) is 7.09. The van der Waals surface area contributed by atoms with Gasteiger partial charge in [-0.1, -0.05) is 19.9 Å². The molecule has 0 radical (unpaired) electrons. The standard InChI is InChI=1S/C20H23N5O5S2/c1-12(2)18(20(27)23-28)25-11-15-16(32(25,29)30)10-17(31-15)22-19(26)13-4-6-14(7-5-13)24-9-3-8-21-24/h3-7,9-10,12,18,21,28H,8,11H2,1-2H3,(H,22,26)(H,23,27). The van der Waals surface area contributed by atoms with E-state index >= 15 is 0 Å². The van der Waals surface area contributed by atoms with Crippen LogP contribution in [-0.2, 0) is 21.4 Å². The highest BCUT2D eigenvalue weighted by atomic mass is 32.2. The minimum Gasteiger partial charge on any atom is -0.314 e. The number of thiophene rings is 1. The molecule has 0 bridgehead atoms. The van der Waals surface area contributed by atoms with Crippen LogP contribution in [0.15, 0.2) is 47.5 Å². The summed E-state index contributed by atoms with van der Waals surface area (Å²) in [6.45, 7) is 4.15. The third-order valence-corrected chi connectivity index (χ3v) is 8.31. The Labute approximate surface area is 189 Å². The van der Waals surface area contributed by atoms with Gasteiger partial charge in [-0.05, 0) is 36.2 Å². The Morgan fingerprint density at radius 2 is 1.94 bits per heavy atom. The van der Waals surface area contributed by atoms with Crippen molar-refractivity contribution in [2.45, 2.75) is 31.3 Å². The summed E-state index contributed by atoms with van der Waals surface area (Å²) >= 11 is 1.15. The zero-order valence-corrected chi connectivity index (χ0v) is 19.0. The zero-order chi connectivity index (χ0) is 23.0. The first-order chi connectivity index (χ1) is 15.2. The molecular formula is C20H23N5O5S2. The quantitative estimate of drug-likeness (QED) is 0.369. The number of nitrogens with one attached hydrogen (secondary N) is 3. The molecule has 3 heterocycles. The zero-order valence-electron chi connectivity index (χ0n) is 17.4. The van der Waals surface area contributed by atoms with Gasteiger partial charge in [0.25, 0.3) is 11.8 Å². The molecule has 4 rings (SSSR count). The number of carbonyl (C=O) groups is 2. The van der Waals surface area contributed by atoms with Crippen molar-refractivity contribution < 1.29 is 23.2 Å². The summed E-state index contributed by atoms with van der Waals surface area (Å²) in [5, 5.41) is 14.0. The van der Waals surface area contributed by atoms with Gasteiger partial charge in [-0.3, -0.25) is 19.8 Å². The lowest BCUT2D eigenvalue weighted by molar-refractivity contribution is -0.134. The van der Waals surface area contributed by atoms with Crippen molar-refractivity contribution in [1.82, 2.24) is 15.2 Å². The van der Waals surface area contributed by atoms with Gasteiger partial charge < -0.3 is 5.32 Å². The number of anilines is 2. The molecule has 12 heteroatoms. The molecule has 1 atom stereocenters. The lowest BCUT2D eigenvalue weighted by Crippen LogP contribution is -2.49. The van der Waals surface area contributed by atoms with Crippen molar-refractivity contribution in [2.24, 2.45) is 5.92 Å². The Bertz CT molecular complexity index is 1170. The Balaban J connectivity index is 1.49. The van der Waals surface area contributed by atoms with Crippen molar-refractivity contribution in [3.05, 3.63) is 53.0 Å². The number of nitrogens with zero attached hydrogens (tertiary/aromatic N) is 2. The van der Waals surface area contributed by atoms with Crippen molar-refractivity contribution >= 4 is 43.9 Å². The number of amides is 2. The van der Waals surface area contributed by atoms with Gasteiger partial charge in [0, 0.05) is 23.2 Å². The highest BCUT2D eigenvalue weighted by Gasteiger charge is 2.44. The second kappa shape index (κ2) is 8.64. The van der Waals surface area contributed by atoms with Gasteiger partial charge in [0.15, 0.2) is 0 Å². The van der Waals surface area contributed by atoms with E-state index in [1.165, 1.54) is 6.07 Å². The summed E-state index contributed by atoms with van der Waals surface area (Å²) in [5.74, 6) is -1.48. The van der Waals surface area contributed by atoms with E-state index in [1.807, 2.05) is 29.4 Å². The summed E-state index contributed by atoms with van der Waals surface area (Å²) in [4.78, 5) is 25.3. The molecule has 1 unspecified atom stereocenters. The van der Waals surface area contributed by atoms with Crippen molar-refractivity contribution in [1.29, 1.82) is 0 Å². The Kier molecular flexibility index (Phi) is 6.05. The van der Waals surface area contributed by atoms with Crippen molar-refractivity contribution in [3.63, 3.8) is 0 Å². The monoisotopic (exact) mass is 477 g/mol. The van der Waals surface area contributed by atoms with Gasteiger partial charge in [0.1, 0.15) is 6.04 Å². The SMILES string of the molecule is CC(C)C(C(=O)NO)N1Cc2sc(NC(=O)c3ccc(N4C=CCN4)cc3)cc2S1(=O)=O. The number of sulfonamides is 1. The van der Waals surface area contributed by atoms with Gasteiger partial charge in [-0.25, -0.2) is 19.3 Å². The average Bonchev–Trinajstić information content (AvgIpc) is 3.47. The van der Waals surface area contributed by atoms with Crippen molar-refractivity contribution in [2.75, 3.05) is 16.9 Å². The maximum Gasteiger partial charge on any atom is 0.262 e. The van der Waals surface area contributed by atoms with E-state index in [0.717, 1.165) is 27.9 Å². The second-order valence-electron chi connectivity index (χ2n) is 7.73. The van der Waals surface area contributed by atoms with E-state index in [4.69, 9.17) is 5.21 Å². The Morgan fingerprint density at radius 3 is 2.50 bits per heavy atom. The minimum absolute atomic E-state index is 0.000476. The molecule has 0 fully saturated rings. The van der Waals surface area contributed by atoms with E-state index in [-0.39, 0.29) is 23.3 Å². The van der Waals surface area contributed by atoms with Crippen LogP contribution in [0.5, 0.6) is 0 Å². The smallest absolute Gasteiger partial charge is 0.262 e. The number of hydrogen-bond acceptors (Lipinski definition) is 8. The van der Waals surface area contributed by atoms with Gasteiger partial charge in [-0.2, -0.15) is 4.31 Å². The van der Waals surface area contributed by atoms with Gasteiger partial charge in [-0.15, -0.1) is 11.3 Å². The topological polar surface area (TPSA) is 131 Å². The van der Waals surface area contributed by atoms with Crippen LogP contribution in [0.25, 0.3) is 0 Å². The molecule has 0 saturated heterocycles. The first-order valence-electron chi connectivity index (χ1n) is 9.91. The largest absolute Gasteiger partial charge is 0.314 e. The van der Waals surface area contributed by atoms with E-state index < -0.39 is 22.0 Å². The van der Waals surface area contributed by atoms with Gasteiger partial charge >= 0.3 is 0 Å². The Hall–Kier alpha value is -2.77. The summed E-state index contributed by atoms with van der Waals surface area (Å²) in [6, 6.07) is 7.38. The molecule has 2 aromatic rings. The maximum absolute atomic E-state index is 13.0. The molecule has 1 aromatic carbocycles. The molecule has 0 aliphatic carbocycles. The number of carbonyl (C=O) groups excluding carboxylic acids is 2. The van der Waals surface area contributed by atoms with Crippen LogP contribution in [-0.4, -0.2) is 42.3 Å². The summed E-state index contributed by atoms with van der Waals surface area (Å²) < 4.78 is 27.1. The van der Waals surface area contributed by atoms with E-state index in [9.17, 15) is 18.0 Å². The molecule has 4 N–H and O–H groups in total. The summed E-state index contributed by atoms with van der Waals surface area (Å²) in [6.07, 6.45) is 3.88. The highest BCUT2D eigenvalue weighted by molar-refractivity contribution is 7.89.